The van der Waals surface area contributed by atoms with E-state index in [0.29, 0.717) is 0 Å². The van der Waals surface area contributed by atoms with Gasteiger partial charge in [0.1, 0.15) is 0 Å². The van der Waals surface area contributed by atoms with Crippen LogP contribution in [-0.2, 0) is 0 Å². The molecule has 1 N–H and O–H groups in total. The number of hydrogen-bond donors (Lipinski definition) is 1. The molecule has 0 amide bonds. The monoisotopic (exact) mass is 424 g/mol. The minimum atomic E-state index is -2.45. The molecule has 1 nitrogen and oxygen atoms in total. The third kappa shape index (κ3) is 7.01. The Morgan fingerprint density at radius 1 is 0.870 bits per heavy atom. The molecule has 130 valence electrons. The average Bonchev–Trinajstić information content (AvgIpc) is 2.60. The number of benzene rings is 1. The summed E-state index contributed by atoms with van der Waals surface area (Å²) in [5, 5.41) is 10.2. The standard InChI is InChI=1S/C9H9O.3C4H9.Sn/c10-8-4-7-9-5-2-1-3-6-9;3*1-3-4-2;/h1-3,5-7,10H,8H2;3*1,3-4H2,2H3;. The quantitative estimate of drug-likeness (QED) is 0.383. The summed E-state index contributed by atoms with van der Waals surface area (Å²) < 4.78 is 5.72. The van der Waals surface area contributed by atoms with Gasteiger partial charge in [-0.2, -0.15) is 0 Å². The van der Waals surface area contributed by atoms with E-state index in [4.69, 9.17) is 0 Å². The number of rotatable bonds is 12. The second kappa shape index (κ2) is 12.1. The van der Waals surface area contributed by atoms with Crippen LogP contribution in [-0.4, -0.2) is 30.1 Å². The predicted molar refractivity (Wildman–Crippen MR) is 106 cm³/mol. The van der Waals surface area contributed by atoms with Gasteiger partial charge in [-0.3, -0.25) is 0 Å². The van der Waals surface area contributed by atoms with Crippen molar-refractivity contribution in [3.8, 4) is 0 Å². The minimum absolute atomic E-state index is 0.280. The molecule has 0 heterocycles. The van der Waals surface area contributed by atoms with E-state index in [9.17, 15) is 5.11 Å². The Morgan fingerprint density at radius 3 is 1.74 bits per heavy atom. The normalized spacial score (nSPS) is 12.6. The molecule has 0 spiro atoms. The first-order chi connectivity index (χ1) is 11.2. The van der Waals surface area contributed by atoms with Gasteiger partial charge in [-0.25, -0.2) is 0 Å². The Kier molecular flexibility index (Phi) is 11.0. The van der Waals surface area contributed by atoms with Crippen LogP contribution in [0.25, 0.3) is 6.08 Å². The van der Waals surface area contributed by atoms with E-state index in [2.05, 4.69) is 57.2 Å². The van der Waals surface area contributed by atoms with Crippen molar-refractivity contribution in [3.63, 3.8) is 0 Å². The fourth-order valence-corrected chi connectivity index (χ4v) is 19.5. The fourth-order valence-electron chi connectivity index (χ4n) is 3.52. The van der Waals surface area contributed by atoms with Crippen molar-refractivity contribution in [2.24, 2.45) is 0 Å². The first-order valence-corrected chi connectivity index (χ1v) is 17.1. The van der Waals surface area contributed by atoms with Gasteiger partial charge in [0, 0.05) is 0 Å². The topological polar surface area (TPSA) is 20.2 Å². The van der Waals surface area contributed by atoms with E-state index in [1.54, 1.807) is 0 Å². The van der Waals surface area contributed by atoms with E-state index in [1.807, 2.05) is 0 Å². The molecule has 0 aliphatic heterocycles. The summed E-state index contributed by atoms with van der Waals surface area (Å²) in [6, 6.07) is 10.6. The molecular weight excluding hydrogens is 387 g/mol. The summed E-state index contributed by atoms with van der Waals surface area (Å²) in [6.07, 6.45) is 10.2. The number of aliphatic hydroxyl groups excluding tert-OH is 1. The van der Waals surface area contributed by atoms with E-state index < -0.39 is 18.4 Å². The molecule has 0 aliphatic rings. The van der Waals surface area contributed by atoms with Crippen LogP contribution in [0.2, 0.25) is 13.3 Å². The van der Waals surface area contributed by atoms with E-state index in [-0.39, 0.29) is 6.61 Å². The molecule has 0 fully saturated rings. The Hall–Kier alpha value is -0.281. The van der Waals surface area contributed by atoms with Crippen LogP contribution in [0.3, 0.4) is 0 Å². The van der Waals surface area contributed by atoms with E-state index in [0.717, 1.165) is 0 Å². The summed E-state index contributed by atoms with van der Waals surface area (Å²) in [6.45, 7) is 7.18. The SMILES string of the molecule is CCC[CH2][Sn]([CH2]CCC)([CH2]CCC)/[C](=C\c1ccccc1)CO. The van der Waals surface area contributed by atoms with Crippen molar-refractivity contribution < 1.29 is 5.11 Å². The second-order valence-corrected chi connectivity index (χ2v) is 20.3. The molecule has 0 unspecified atom stereocenters. The van der Waals surface area contributed by atoms with Crippen molar-refractivity contribution in [1.82, 2.24) is 0 Å². The van der Waals surface area contributed by atoms with Crippen molar-refractivity contribution >= 4 is 24.5 Å². The molecule has 0 atom stereocenters. The second-order valence-electron chi connectivity index (χ2n) is 6.83. The molecule has 0 saturated heterocycles. The van der Waals surface area contributed by atoms with E-state index >= 15 is 0 Å². The van der Waals surface area contributed by atoms with Gasteiger partial charge in [0.25, 0.3) is 0 Å². The maximum atomic E-state index is 10.2. The third-order valence-corrected chi connectivity index (χ3v) is 21.0. The molecule has 1 aromatic rings. The van der Waals surface area contributed by atoms with Gasteiger partial charge < -0.3 is 0 Å². The summed E-state index contributed by atoms with van der Waals surface area (Å²) in [5.74, 6) is 0. The van der Waals surface area contributed by atoms with Gasteiger partial charge in [0.15, 0.2) is 0 Å². The molecule has 1 aromatic carbocycles. The molecule has 1 rings (SSSR count). The van der Waals surface area contributed by atoms with Crippen LogP contribution in [0.5, 0.6) is 0 Å². The van der Waals surface area contributed by atoms with Crippen LogP contribution >= 0.6 is 0 Å². The van der Waals surface area contributed by atoms with Crippen molar-refractivity contribution in [2.45, 2.75) is 72.6 Å². The molecule has 0 radical (unpaired) electrons. The molecule has 23 heavy (non-hydrogen) atoms. The van der Waals surface area contributed by atoms with Gasteiger partial charge in [-0.05, 0) is 0 Å². The summed E-state index contributed by atoms with van der Waals surface area (Å²) in [7, 11) is 0. The molecular formula is C21H36OSn. The van der Waals surface area contributed by atoms with E-state index in [1.165, 1.54) is 61.0 Å². The van der Waals surface area contributed by atoms with Crippen LogP contribution < -0.4 is 0 Å². The van der Waals surface area contributed by atoms with Crippen molar-refractivity contribution in [2.75, 3.05) is 6.61 Å². The van der Waals surface area contributed by atoms with Gasteiger partial charge >= 0.3 is 148 Å². The predicted octanol–water partition coefficient (Wildman–Crippen LogP) is 6.45. The summed E-state index contributed by atoms with van der Waals surface area (Å²) in [5.41, 5.74) is 1.27. The van der Waals surface area contributed by atoms with Crippen LogP contribution in [0.4, 0.5) is 0 Å². The first-order valence-electron chi connectivity index (χ1n) is 9.59. The van der Waals surface area contributed by atoms with Crippen LogP contribution in [0.15, 0.2) is 33.9 Å². The van der Waals surface area contributed by atoms with Gasteiger partial charge in [0.05, 0.1) is 0 Å². The zero-order chi connectivity index (χ0) is 17.0. The number of hydrogen-bond acceptors (Lipinski definition) is 1. The Balaban J connectivity index is 3.15. The third-order valence-electron chi connectivity index (χ3n) is 5.02. The Morgan fingerprint density at radius 2 is 1.35 bits per heavy atom. The van der Waals surface area contributed by atoms with Gasteiger partial charge in [0.2, 0.25) is 0 Å². The zero-order valence-corrected chi connectivity index (χ0v) is 18.3. The molecule has 0 aromatic heterocycles. The Labute approximate surface area is 148 Å². The van der Waals surface area contributed by atoms with Gasteiger partial charge in [-0.15, -0.1) is 0 Å². The molecule has 0 aliphatic carbocycles. The summed E-state index contributed by atoms with van der Waals surface area (Å²) in [4.78, 5) is 0. The first kappa shape index (κ1) is 20.8. The molecule has 2 heteroatoms. The zero-order valence-electron chi connectivity index (χ0n) is 15.5. The fraction of sp³-hybridized carbons (Fsp3) is 0.619. The Bertz CT molecular complexity index is 417. The number of unbranched alkanes of at least 4 members (excludes halogenated alkanes) is 3. The summed E-state index contributed by atoms with van der Waals surface area (Å²) >= 11 is -2.45. The van der Waals surface area contributed by atoms with Gasteiger partial charge in [-0.1, -0.05) is 0 Å². The average molecular weight is 423 g/mol. The molecule has 0 saturated carbocycles. The van der Waals surface area contributed by atoms with Crippen LogP contribution in [0, 0.1) is 0 Å². The van der Waals surface area contributed by atoms with Crippen molar-refractivity contribution in [1.29, 1.82) is 0 Å². The molecule has 0 bridgehead atoms. The number of aliphatic hydroxyl groups is 1. The van der Waals surface area contributed by atoms with Crippen LogP contribution in [0.1, 0.15) is 64.9 Å². The van der Waals surface area contributed by atoms with Crippen molar-refractivity contribution in [3.05, 3.63) is 39.5 Å². The maximum absolute atomic E-state index is 10.2.